The molecule has 2 atom stereocenters. The van der Waals surface area contributed by atoms with Crippen molar-refractivity contribution in [1.29, 1.82) is 0 Å². The molecule has 0 saturated heterocycles. The van der Waals surface area contributed by atoms with Crippen molar-refractivity contribution in [3.05, 3.63) is 34.3 Å². The zero-order valence-corrected chi connectivity index (χ0v) is 12.7. The topological polar surface area (TPSA) is 0 Å². The van der Waals surface area contributed by atoms with E-state index in [4.69, 9.17) is 0 Å². The molecule has 0 aliphatic heterocycles. The van der Waals surface area contributed by atoms with Gasteiger partial charge in [0.25, 0.3) is 0 Å². The Morgan fingerprint density at radius 3 is 2.32 bits per heavy atom. The van der Waals surface area contributed by atoms with Gasteiger partial charge in [-0.25, -0.2) is 0 Å². The maximum Gasteiger partial charge on any atom is 0.416 e. The van der Waals surface area contributed by atoms with Crippen LogP contribution in [0.3, 0.4) is 0 Å². The molecule has 0 radical (unpaired) electrons. The van der Waals surface area contributed by atoms with Crippen molar-refractivity contribution >= 4 is 11.8 Å². The van der Waals surface area contributed by atoms with Crippen molar-refractivity contribution in [3.8, 4) is 0 Å². The lowest BCUT2D eigenvalue weighted by Gasteiger charge is -2.27. The molecule has 0 fully saturated rings. The third-order valence-electron chi connectivity index (χ3n) is 3.77. The molecular weight excluding hydrogens is 326 g/mol. The van der Waals surface area contributed by atoms with Gasteiger partial charge in [0.2, 0.25) is 0 Å². The highest BCUT2D eigenvalue weighted by atomic mass is 32.2. The minimum atomic E-state index is -4.75. The fourth-order valence-electron chi connectivity index (χ4n) is 2.50. The Labute approximate surface area is 129 Å². The summed E-state index contributed by atoms with van der Waals surface area (Å²) in [5.74, 6) is -2.06. The van der Waals surface area contributed by atoms with Crippen LogP contribution in [-0.4, -0.2) is 17.6 Å². The third kappa shape index (κ3) is 4.57. The Balaban J connectivity index is 2.16. The van der Waals surface area contributed by atoms with E-state index < -0.39 is 30.3 Å². The molecule has 0 spiro atoms. The Bertz CT molecular complexity index is 509. The molecule has 124 valence electrons. The fourth-order valence-corrected chi connectivity index (χ4v) is 3.83. The highest BCUT2D eigenvalue weighted by Crippen LogP contribution is 2.45. The molecule has 0 saturated carbocycles. The highest BCUT2D eigenvalue weighted by Gasteiger charge is 2.44. The number of alkyl halides is 6. The van der Waals surface area contributed by atoms with E-state index in [1.807, 2.05) is 13.0 Å². The molecule has 0 aromatic rings. The zero-order valence-electron chi connectivity index (χ0n) is 11.9. The summed E-state index contributed by atoms with van der Waals surface area (Å²) < 4.78 is 77.0. The van der Waals surface area contributed by atoms with Gasteiger partial charge in [-0.1, -0.05) is 17.7 Å². The molecule has 7 heteroatoms. The van der Waals surface area contributed by atoms with E-state index in [0.29, 0.717) is 12.5 Å². The lowest BCUT2D eigenvalue weighted by Crippen LogP contribution is -2.26. The summed E-state index contributed by atoms with van der Waals surface area (Å²) in [5.41, 5.74) is 0.0321. The standard InChI is InChI=1S/C15H16F6S/c1-9-2-4-12(5-3-9)22-13-7-10(14(16,17)18)6-11(8-13)15(19,20)21/h2,6-7,11-12H,3-5,8H2,1H3. The molecule has 0 bridgehead atoms. The number of rotatable bonds is 2. The third-order valence-corrected chi connectivity index (χ3v) is 5.12. The van der Waals surface area contributed by atoms with Crippen molar-refractivity contribution in [2.45, 2.75) is 50.2 Å². The first-order valence-corrected chi connectivity index (χ1v) is 7.82. The molecule has 2 aliphatic carbocycles. The van der Waals surface area contributed by atoms with E-state index >= 15 is 0 Å². The van der Waals surface area contributed by atoms with Gasteiger partial charge in [0.05, 0.1) is 11.5 Å². The summed E-state index contributed by atoms with van der Waals surface area (Å²) in [5, 5.41) is 0.0522. The summed E-state index contributed by atoms with van der Waals surface area (Å²) in [4.78, 5) is 0.176. The Morgan fingerprint density at radius 2 is 1.82 bits per heavy atom. The Morgan fingerprint density at radius 1 is 1.14 bits per heavy atom. The molecular formula is C15H16F6S. The second-order valence-electron chi connectivity index (χ2n) is 5.65. The Kier molecular flexibility index (Phi) is 5.04. The summed E-state index contributed by atoms with van der Waals surface area (Å²) in [6.45, 7) is 1.98. The average Bonchev–Trinajstić information content (AvgIpc) is 2.39. The molecule has 0 nitrogen and oxygen atoms in total. The molecule has 0 N–H and O–H groups in total. The first-order chi connectivity index (χ1) is 10.1. The van der Waals surface area contributed by atoms with Crippen LogP contribution >= 0.6 is 11.8 Å². The van der Waals surface area contributed by atoms with Crippen molar-refractivity contribution < 1.29 is 26.3 Å². The van der Waals surface area contributed by atoms with Crippen LogP contribution in [0.15, 0.2) is 34.3 Å². The number of hydrogen-bond acceptors (Lipinski definition) is 1. The second kappa shape index (κ2) is 6.34. The minimum Gasteiger partial charge on any atom is -0.170 e. The smallest absolute Gasteiger partial charge is 0.170 e. The molecule has 2 rings (SSSR count). The van der Waals surface area contributed by atoms with Gasteiger partial charge in [0.1, 0.15) is 0 Å². The monoisotopic (exact) mass is 342 g/mol. The largest absolute Gasteiger partial charge is 0.416 e. The second-order valence-corrected chi connectivity index (χ2v) is 7.07. The number of hydrogen-bond donors (Lipinski definition) is 0. The molecule has 0 aromatic carbocycles. The van der Waals surface area contributed by atoms with E-state index in [9.17, 15) is 26.3 Å². The first kappa shape index (κ1) is 17.5. The van der Waals surface area contributed by atoms with Crippen LogP contribution in [0.4, 0.5) is 26.3 Å². The molecule has 22 heavy (non-hydrogen) atoms. The van der Waals surface area contributed by atoms with Gasteiger partial charge in [0.15, 0.2) is 0 Å². The van der Waals surface area contributed by atoms with Crippen LogP contribution < -0.4 is 0 Å². The van der Waals surface area contributed by atoms with Crippen molar-refractivity contribution in [3.63, 3.8) is 0 Å². The fraction of sp³-hybridized carbons (Fsp3) is 0.600. The van der Waals surface area contributed by atoms with Crippen LogP contribution in [0, 0.1) is 5.92 Å². The van der Waals surface area contributed by atoms with E-state index in [1.165, 1.54) is 5.57 Å². The summed E-state index contributed by atoms with van der Waals surface area (Å²) in [6.07, 6.45) is -4.30. The SMILES string of the molecule is CC1=CCC(SC2=CC(C(F)(F)F)=CC(C(F)(F)F)C2)CC1. The van der Waals surface area contributed by atoms with Gasteiger partial charge in [-0.2, -0.15) is 26.3 Å². The quantitative estimate of drug-likeness (QED) is 0.427. The lowest BCUT2D eigenvalue weighted by molar-refractivity contribution is -0.162. The van der Waals surface area contributed by atoms with Crippen molar-refractivity contribution in [2.24, 2.45) is 5.92 Å². The molecule has 2 unspecified atom stereocenters. The van der Waals surface area contributed by atoms with E-state index in [1.54, 1.807) is 0 Å². The van der Waals surface area contributed by atoms with Crippen LogP contribution in [0.2, 0.25) is 0 Å². The van der Waals surface area contributed by atoms with Crippen molar-refractivity contribution in [2.75, 3.05) is 0 Å². The van der Waals surface area contributed by atoms with Gasteiger partial charge < -0.3 is 0 Å². The zero-order chi connectivity index (χ0) is 16.5. The van der Waals surface area contributed by atoms with Gasteiger partial charge in [-0.05, 0) is 43.6 Å². The highest BCUT2D eigenvalue weighted by molar-refractivity contribution is 8.03. The maximum absolute atomic E-state index is 12.8. The number of thioether (sulfide) groups is 1. The van der Waals surface area contributed by atoms with Crippen LogP contribution in [-0.2, 0) is 0 Å². The summed E-state index contributed by atoms with van der Waals surface area (Å²) in [6, 6.07) is 0. The van der Waals surface area contributed by atoms with E-state index in [0.717, 1.165) is 30.7 Å². The minimum absolute atomic E-state index is 0.0522. The van der Waals surface area contributed by atoms with Crippen molar-refractivity contribution in [1.82, 2.24) is 0 Å². The van der Waals surface area contributed by atoms with E-state index in [-0.39, 0.29) is 10.2 Å². The predicted molar refractivity (Wildman–Crippen MR) is 75.4 cm³/mol. The Hall–Kier alpha value is -0.850. The van der Waals surface area contributed by atoms with Gasteiger partial charge >= 0.3 is 12.4 Å². The molecule has 0 heterocycles. The van der Waals surface area contributed by atoms with Crippen LogP contribution in [0.25, 0.3) is 0 Å². The van der Waals surface area contributed by atoms with Crippen LogP contribution in [0.1, 0.15) is 32.6 Å². The summed E-state index contributed by atoms with van der Waals surface area (Å²) in [7, 11) is 0. The van der Waals surface area contributed by atoms with Gasteiger partial charge in [0, 0.05) is 5.25 Å². The van der Waals surface area contributed by atoms with Gasteiger partial charge in [-0.15, -0.1) is 11.8 Å². The number of allylic oxidation sites excluding steroid dienone is 6. The average molecular weight is 342 g/mol. The lowest BCUT2D eigenvalue weighted by atomic mass is 9.95. The normalized spacial score (nSPS) is 27.1. The number of halogens is 6. The molecule has 2 aliphatic rings. The molecule has 0 aromatic heterocycles. The summed E-state index contributed by atoms with van der Waals surface area (Å²) >= 11 is 1.16. The first-order valence-electron chi connectivity index (χ1n) is 6.94. The maximum atomic E-state index is 12.8. The van der Waals surface area contributed by atoms with Crippen LogP contribution in [0.5, 0.6) is 0 Å². The predicted octanol–water partition coefficient (Wildman–Crippen LogP) is 6.17. The van der Waals surface area contributed by atoms with E-state index in [2.05, 4.69) is 0 Å². The van der Waals surface area contributed by atoms with Gasteiger partial charge in [-0.3, -0.25) is 0 Å². The molecule has 0 amide bonds.